The number of benzene rings is 1. The van der Waals surface area contributed by atoms with Crippen molar-refractivity contribution in [3.05, 3.63) is 23.8 Å². The second-order valence-electron chi connectivity index (χ2n) is 3.54. The molecule has 0 spiro atoms. The first-order chi connectivity index (χ1) is 8.58. The van der Waals surface area contributed by atoms with Crippen LogP contribution in [0.3, 0.4) is 0 Å². The van der Waals surface area contributed by atoms with Crippen LogP contribution in [0.1, 0.15) is 16.8 Å². The van der Waals surface area contributed by atoms with Crippen molar-refractivity contribution in [1.29, 1.82) is 0 Å². The number of carbonyl (C=O) groups excluding carboxylic acids is 2. The van der Waals surface area contributed by atoms with Crippen molar-refractivity contribution in [3.63, 3.8) is 0 Å². The van der Waals surface area contributed by atoms with E-state index in [0.29, 0.717) is 17.0 Å². The van der Waals surface area contributed by atoms with Gasteiger partial charge in [0.25, 0.3) is 5.91 Å². The topological polar surface area (TPSA) is 90.6 Å². The Bertz CT molecular complexity index is 446. The van der Waals surface area contributed by atoms with Crippen LogP contribution in [0.2, 0.25) is 0 Å². The number of hydrogen-bond donors (Lipinski definition) is 2. The number of nitrogens with one attached hydrogen (secondary N) is 1. The quantitative estimate of drug-likeness (QED) is 0.590. The van der Waals surface area contributed by atoms with Crippen LogP contribution in [0.15, 0.2) is 18.2 Å². The van der Waals surface area contributed by atoms with Gasteiger partial charge in [-0.3, -0.25) is 9.59 Å². The highest BCUT2D eigenvalue weighted by Crippen LogP contribution is 2.21. The third kappa shape index (κ3) is 3.65. The second kappa shape index (κ2) is 6.48. The monoisotopic (exact) mass is 252 g/mol. The van der Waals surface area contributed by atoms with Crippen LogP contribution < -0.4 is 15.8 Å². The first-order valence-corrected chi connectivity index (χ1v) is 5.37. The van der Waals surface area contributed by atoms with E-state index in [-0.39, 0.29) is 24.8 Å². The van der Waals surface area contributed by atoms with Gasteiger partial charge in [0.2, 0.25) is 0 Å². The van der Waals surface area contributed by atoms with Gasteiger partial charge in [-0.25, -0.2) is 0 Å². The lowest BCUT2D eigenvalue weighted by Crippen LogP contribution is -2.26. The molecule has 1 amide bonds. The molecule has 1 aromatic rings. The Morgan fingerprint density at radius 2 is 2.06 bits per heavy atom. The van der Waals surface area contributed by atoms with Gasteiger partial charge < -0.3 is 20.5 Å². The summed E-state index contributed by atoms with van der Waals surface area (Å²) >= 11 is 0. The van der Waals surface area contributed by atoms with Crippen molar-refractivity contribution in [2.24, 2.45) is 0 Å². The smallest absolute Gasteiger partial charge is 0.307 e. The predicted octanol–water partition coefficient (Wildman–Crippen LogP) is 0.570. The molecule has 6 heteroatoms. The number of hydrogen-bond acceptors (Lipinski definition) is 5. The lowest BCUT2D eigenvalue weighted by atomic mass is 10.1. The summed E-state index contributed by atoms with van der Waals surface area (Å²) in [5.74, 6) is -0.154. The molecule has 98 valence electrons. The highest BCUT2D eigenvalue weighted by atomic mass is 16.5. The maximum atomic E-state index is 11.7. The van der Waals surface area contributed by atoms with Crippen LogP contribution in [0.25, 0.3) is 0 Å². The molecule has 0 bridgehead atoms. The molecule has 0 aliphatic heterocycles. The molecule has 6 nitrogen and oxygen atoms in total. The highest BCUT2D eigenvalue weighted by molar-refractivity contribution is 5.95. The third-order valence-corrected chi connectivity index (χ3v) is 2.33. The Morgan fingerprint density at radius 1 is 1.33 bits per heavy atom. The van der Waals surface area contributed by atoms with Crippen molar-refractivity contribution in [1.82, 2.24) is 5.32 Å². The number of carbonyl (C=O) groups is 2. The SMILES string of the molecule is COC(=O)CCNC(=O)c1ccc(OC)c(N)c1. The van der Waals surface area contributed by atoms with Crippen LogP contribution in [-0.2, 0) is 9.53 Å². The van der Waals surface area contributed by atoms with E-state index in [9.17, 15) is 9.59 Å². The summed E-state index contributed by atoms with van der Waals surface area (Å²) in [6, 6.07) is 4.74. The molecule has 0 aliphatic rings. The first kappa shape index (κ1) is 13.8. The molecule has 0 saturated heterocycles. The Morgan fingerprint density at radius 3 is 2.61 bits per heavy atom. The summed E-state index contributed by atoms with van der Waals surface area (Å²) in [7, 11) is 2.80. The molecule has 0 fully saturated rings. The standard InChI is InChI=1S/C12H16N2O4/c1-17-10-4-3-8(7-9(10)13)12(16)14-6-5-11(15)18-2/h3-4,7H,5-6,13H2,1-2H3,(H,14,16). The van der Waals surface area contributed by atoms with E-state index in [1.165, 1.54) is 20.3 Å². The number of ether oxygens (including phenoxy) is 2. The minimum absolute atomic E-state index is 0.133. The van der Waals surface area contributed by atoms with Crippen LogP contribution in [-0.4, -0.2) is 32.6 Å². The van der Waals surface area contributed by atoms with Crippen LogP contribution in [0.5, 0.6) is 5.75 Å². The maximum absolute atomic E-state index is 11.7. The maximum Gasteiger partial charge on any atom is 0.307 e. The number of rotatable bonds is 5. The first-order valence-electron chi connectivity index (χ1n) is 5.37. The molecule has 0 radical (unpaired) electrons. The van der Waals surface area contributed by atoms with Gasteiger partial charge in [-0.2, -0.15) is 0 Å². The van der Waals surface area contributed by atoms with E-state index >= 15 is 0 Å². The van der Waals surface area contributed by atoms with Gasteiger partial charge in [0.15, 0.2) is 0 Å². The number of nitrogens with two attached hydrogens (primary N) is 1. The molecular formula is C12H16N2O4. The minimum Gasteiger partial charge on any atom is -0.495 e. The van der Waals surface area contributed by atoms with E-state index in [2.05, 4.69) is 10.1 Å². The highest BCUT2D eigenvalue weighted by Gasteiger charge is 2.09. The lowest BCUT2D eigenvalue weighted by molar-refractivity contribution is -0.140. The summed E-state index contributed by atoms with van der Waals surface area (Å²) in [5, 5.41) is 2.59. The van der Waals surface area contributed by atoms with Gasteiger partial charge in [0.1, 0.15) is 5.75 Å². The Kier molecular flexibility index (Phi) is 4.98. The van der Waals surface area contributed by atoms with Crippen LogP contribution >= 0.6 is 0 Å². The summed E-state index contributed by atoms with van der Waals surface area (Å²) in [5.41, 5.74) is 6.49. The Hall–Kier alpha value is -2.24. The van der Waals surface area contributed by atoms with Gasteiger partial charge in [-0.1, -0.05) is 0 Å². The number of anilines is 1. The van der Waals surface area contributed by atoms with Crippen molar-refractivity contribution in [2.45, 2.75) is 6.42 Å². The molecule has 0 aromatic heterocycles. The zero-order valence-corrected chi connectivity index (χ0v) is 10.4. The largest absolute Gasteiger partial charge is 0.495 e. The lowest BCUT2D eigenvalue weighted by Gasteiger charge is -2.07. The molecule has 3 N–H and O–H groups in total. The van der Waals surface area contributed by atoms with Crippen molar-refractivity contribution in [2.75, 3.05) is 26.5 Å². The summed E-state index contributed by atoms with van der Waals surface area (Å²) in [6.45, 7) is 0.220. The number of methoxy groups -OCH3 is 2. The average Bonchev–Trinajstić information content (AvgIpc) is 2.38. The summed E-state index contributed by atoms with van der Waals surface area (Å²) in [4.78, 5) is 22.6. The van der Waals surface area contributed by atoms with Gasteiger partial charge in [-0.05, 0) is 18.2 Å². The van der Waals surface area contributed by atoms with Gasteiger partial charge >= 0.3 is 5.97 Å². The predicted molar refractivity (Wildman–Crippen MR) is 66.4 cm³/mol. The fourth-order valence-electron chi connectivity index (χ4n) is 1.36. The Balaban J connectivity index is 2.56. The van der Waals surface area contributed by atoms with Gasteiger partial charge in [0.05, 0.1) is 26.3 Å². The van der Waals surface area contributed by atoms with Crippen molar-refractivity contribution >= 4 is 17.6 Å². The molecule has 0 aliphatic carbocycles. The summed E-state index contributed by atoms with van der Waals surface area (Å²) < 4.78 is 9.45. The van der Waals surface area contributed by atoms with Gasteiger partial charge in [0, 0.05) is 12.1 Å². The second-order valence-corrected chi connectivity index (χ2v) is 3.54. The average molecular weight is 252 g/mol. The molecule has 0 unspecified atom stereocenters. The van der Waals surface area contributed by atoms with E-state index < -0.39 is 0 Å². The summed E-state index contributed by atoms with van der Waals surface area (Å²) in [6.07, 6.45) is 0.133. The fraction of sp³-hybridized carbons (Fsp3) is 0.333. The van der Waals surface area contributed by atoms with E-state index in [1.807, 2.05) is 0 Å². The van der Waals surface area contributed by atoms with E-state index in [1.54, 1.807) is 12.1 Å². The number of esters is 1. The normalized spacial score (nSPS) is 9.67. The molecule has 18 heavy (non-hydrogen) atoms. The zero-order chi connectivity index (χ0) is 13.5. The van der Waals surface area contributed by atoms with Crippen molar-refractivity contribution in [3.8, 4) is 5.75 Å². The molecular weight excluding hydrogens is 236 g/mol. The minimum atomic E-state index is -0.371. The number of amides is 1. The van der Waals surface area contributed by atoms with Crippen molar-refractivity contribution < 1.29 is 19.1 Å². The van der Waals surface area contributed by atoms with Crippen LogP contribution in [0.4, 0.5) is 5.69 Å². The number of nitrogen functional groups attached to an aromatic ring is 1. The fourth-order valence-corrected chi connectivity index (χ4v) is 1.36. The van der Waals surface area contributed by atoms with Crippen LogP contribution in [0, 0.1) is 0 Å². The molecule has 0 saturated carbocycles. The molecule has 1 aromatic carbocycles. The zero-order valence-electron chi connectivity index (χ0n) is 10.4. The van der Waals surface area contributed by atoms with Gasteiger partial charge in [-0.15, -0.1) is 0 Å². The third-order valence-electron chi connectivity index (χ3n) is 2.33. The molecule has 0 atom stereocenters. The van der Waals surface area contributed by atoms with E-state index in [0.717, 1.165) is 0 Å². The molecule has 0 heterocycles. The Labute approximate surface area is 105 Å². The van der Waals surface area contributed by atoms with E-state index in [4.69, 9.17) is 10.5 Å². The molecule has 1 rings (SSSR count).